The molecular weight excluding hydrogens is 508 g/mol. The molecule has 3 aromatic carbocycles. The molecule has 0 aliphatic carbocycles. The Morgan fingerprint density at radius 2 is 1.44 bits per heavy atom. The van der Waals surface area contributed by atoms with Gasteiger partial charge in [0.25, 0.3) is 0 Å². The van der Waals surface area contributed by atoms with Gasteiger partial charge >= 0.3 is 17.8 Å². The molecule has 9 heteroatoms. The number of halogens is 2. The third-order valence-corrected chi connectivity index (χ3v) is 6.79. The Hall–Kier alpha value is -4.24. The Morgan fingerprint density at radius 1 is 0.872 bits per heavy atom. The summed E-state index contributed by atoms with van der Waals surface area (Å²) in [5.74, 6) is -3.27. The van der Waals surface area contributed by atoms with Crippen LogP contribution in [0, 0.1) is 11.6 Å². The molecule has 0 saturated carbocycles. The van der Waals surface area contributed by atoms with Gasteiger partial charge in [0.05, 0.1) is 20.1 Å². The zero-order valence-electron chi connectivity index (χ0n) is 21.3. The van der Waals surface area contributed by atoms with Gasteiger partial charge in [0.2, 0.25) is 0 Å². The van der Waals surface area contributed by atoms with Gasteiger partial charge in [-0.3, -0.25) is 0 Å². The van der Waals surface area contributed by atoms with Crippen molar-refractivity contribution in [3.63, 3.8) is 0 Å². The van der Waals surface area contributed by atoms with Crippen LogP contribution < -0.4 is 9.47 Å². The Labute approximate surface area is 224 Å². The largest absolute Gasteiger partial charge is 0.493 e. The van der Waals surface area contributed by atoms with Crippen molar-refractivity contribution in [3.8, 4) is 11.5 Å². The summed E-state index contributed by atoms with van der Waals surface area (Å²) >= 11 is 0. The van der Waals surface area contributed by atoms with Crippen molar-refractivity contribution in [3.05, 3.63) is 101 Å². The molecule has 39 heavy (non-hydrogen) atoms. The van der Waals surface area contributed by atoms with Gasteiger partial charge in [-0.1, -0.05) is 42.0 Å². The average Bonchev–Trinajstić information content (AvgIpc) is 3.22. The zero-order valence-corrected chi connectivity index (χ0v) is 21.3. The molecule has 2 fully saturated rings. The van der Waals surface area contributed by atoms with E-state index < -0.39 is 17.8 Å². The molecule has 5 rings (SSSR count). The summed E-state index contributed by atoms with van der Waals surface area (Å²) in [5, 5.41) is 0. The molecule has 202 valence electrons. The topological polar surface area (TPSA) is 74.3 Å². The van der Waals surface area contributed by atoms with E-state index >= 15 is 0 Å². The fourth-order valence-electron chi connectivity index (χ4n) is 4.98. The van der Waals surface area contributed by atoms with E-state index in [9.17, 15) is 18.4 Å². The van der Waals surface area contributed by atoms with Gasteiger partial charge in [0.1, 0.15) is 11.6 Å². The number of nitrogens with zero attached hydrogens (tertiary/aromatic N) is 1. The maximum absolute atomic E-state index is 13.7. The monoisotopic (exact) mass is 535 g/mol. The number of hydrogen-bond acceptors (Lipinski definition) is 7. The van der Waals surface area contributed by atoms with E-state index in [1.165, 1.54) is 24.3 Å². The predicted octanol–water partition coefficient (Wildman–Crippen LogP) is 5.09. The Bertz CT molecular complexity index is 1320. The highest BCUT2D eigenvalue weighted by Crippen LogP contribution is 2.42. The first kappa shape index (κ1) is 26.4. The summed E-state index contributed by atoms with van der Waals surface area (Å²) in [4.78, 5) is 26.2. The highest BCUT2D eigenvalue weighted by molar-refractivity contribution is 6.31. The van der Waals surface area contributed by atoms with Crippen LogP contribution in [0.25, 0.3) is 5.57 Å². The van der Waals surface area contributed by atoms with Crippen LogP contribution in [-0.4, -0.2) is 49.6 Å². The van der Waals surface area contributed by atoms with Crippen LogP contribution in [0.4, 0.5) is 8.78 Å². The van der Waals surface area contributed by atoms with E-state index in [4.69, 9.17) is 18.9 Å². The maximum Gasteiger partial charge on any atom is 0.421 e. The minimum absolute atomic E-state index is 0.0852. The zero-order chi connectivity index (χ0) is 27.4. The lowest BCUT2D eigenvalue weighted by atomic mass is 9.87. The van der Waals surface area contributed by atoms with Crippen LogP contribution in [0.3, 0.4) is 0 Å². The number of likely N-dealkylation sites (tertiary alicyclic amines) is 1. The molecule has 7 nitrogen and oxygen atoms in total. The summed E-state index contributed by atoms with van der Waals surface area (Å²) in [6.45, 7) is 1.19. The average molecular weight is 536 g/mol. The van der Waals surface area contributed by atoms with Crippen molar-refractivity contribution in [2.75, 3.05) is 26.8 Å². The first-order valence-electron chi connectivity index (χ1n) is 12.6. The molecule has 2 saturated heterocycles. The smallest absolute Gasteiger partial charge is 0.421 e. The van der Waals surface area contributed by atoms with Gasteiger partial charge in [-0.15, -0.1) is 0 Å². The fraction of sp³-hybridized carbons (Fsp3) is 0.267. The van der Waals surface area contributed by atoms with Crippen molar-refractivity contribution in [1.82, 2.24) is 4.90 Å². The van der Waals surface area contributed by atoms with Gasteiger partial charge in [0, 0.05) is 13.1 Å². The molecule has 0 unspecified atom stereocenters. The molecule has 0 bridgehead atoms. The van der Waals surface area contributed by atoms with Crippen LogP contribution in [-0.2, 0) is 19.1 Å². The van der Waals surface area contributed by atoms with Crippen LogP contribution >= 0.6 is 0 Å². The van der Waals surface area contributed by atoms with Crippen molar-refractivity contribution >= 4 is 17.5 Å². The molecule has 0 amide bonds. The Kier molecular flexibility index (Phi) is 7.60. The molecular formula is C30H27F2NO6. The van der Waals surface area contributed by atoms with Gasteiger partial charge in [-0.25, -0.2) is 23.3 Å². The van der Waals surface area contributed by atoms with Crippen LogP contribution in [0.15, 0.2) is 78.4 Å². The number of rotatable bonds is 8. The standard InChI is InChI=1S/C30H27F2NO6/c1-36-25-5-2-3-6-26(25)37-18-4-16-33-17-15-22(19-30(33)38-28(34)29(35)39-30)27(20-7-11-23(31)12-8-20)21-9-13-24(32)14-10-21/h2-3,5-14H,4,15-19H2,1H3. The third kappa shape index (κ3) is 5.63. The lowest BCUT2D eigenvalue weighted by molar-refractivity contribution is -0.256. The van der Waals surface area contributed by atoms with Crippen molar-refractivity contribution in [1.29, 1.82) is 0 Å². The summed E-state index contributed by atoms with van der Waals surface area (Å²) < 4.78 is 49.7. The van der Waals surface area contributed by atoms with Crippen LogP contribution in [0.2, 0.25) is 0 Å². The van der Waals surface area contributed by atoms with Gasteiger partial charge in [-0.2, -0.15) is 0 Å². The molecule has 0 aromatic heterocycles. The Balaban J connectivity index is 1.41. The van der Waals surface area contributed by atoms with Crippen LogP contribution in [0.1, 0.15) is 30.4 Å². The minimum atomic E-state index is -1.61. The number of carbonyl (C=O) groups is 2. The minimum Gasteiger partial charge on any atom is -0.493 e. The lowest BCUT2D eigenvalue weighted by Crippen LogP contribution is -2.54. The summed E-state index contributed by atoms with van der Waals surface area (Å²) in [6.07, 6.45) is 1.19. The molecule has 2 aliphatic heterocycles. The van der Waals surface area contributed by atoms with Crippen molar-refractivity contribution < 1.29 is 37.3 Å². The number of esters is 2. The maximum atomic E-state index is 13.7. The van der Waals surface area contributed by atoms with E-state index in [2.05, 4.69) is 0 Å². The highest BCUT2D eigenvalue weighted by atomic mass is 19.1. The normalized spacial score (nSPS) is 16.6. The number of carbonyl (C=O) groups excluding carboxylic acids is 2. The SMILES string of the molecule is COc1ccccc1OCCCN1CCC(=C(c2ccc(F)cc2)c2ccc(F)cc2)CC12OC(=O)C(=O)O2. The number of para-hydroxylation sites is 2. The lowest BCUT2D eigenvalue weighted by Gasteiger charge is -2.42. The summed E-state index contributed by atoms with van der Waals surface area (Å²) in [7, 11) is 1.57. The van der Waals surface area contributed by atoms with Gasteiger partial charge < -0.3 is 18.9 Å². The van der Waals surface area contributed by atoms with E-state index in [0.29, 0.717) is 55.2 Å². The van der Waals surface area contributed by atoms with Crippen molar-refractivity contribution in [2.45, 2.75) is 25.2 Å². The highest BCUT2D eigenvalue weighted by Gasteiger charge is 2.55. The second kappa shape index (κ2) is 11.2. The number of piperidine rings is 1. The number of ether oxygens (including phenoxy) is 4. The van der Waals surface area contributed by atoms with Crippen LogP contribution in [0.5, 0.6) is 11.5 Å². The third-order valence-electron chi connectivity index (χ3n) is 6.79. The Morgan fingerprint density at radius 3 is 2.00 bits per heavy atom. The summed E-state index contributed by atoms with van der Waals surface area (Å²) in [5.41, 5.74) is 3.00. The first-order chi connectivity index (χ1) is 18.9. The summed E-state index contributed by atoms with van der Waals surface area (Å²) in [6, 6.07) is 19.3. The molecule has 2 aliphatic rings. The number of benzene rings is 3. The van der Waals surface area contributed by atoms with Gasteiger partial charge in [-0.05, 0) is 65.9 Å². The molecule has 0 atom stereocenters. The molecule has 2 heterocycles. The fourth-order valence-corrected chi connectivity index (χ4v) is 4.98. The predicted molar refractivity (Wildman–Crippen MR) is 138 cm³/mol. The van der Waals surface area contributed by atoms with E-state index in [-0.39, 0.29) is 18.1 Å². The molecule has 1 spiro atoms. The second-order valence-corrected chi connectivity index (χ2v) is 9.25. The van der Waals surface area contributed by atoms with E-state index in [0.717, 1.165) is 11.1 Å². The first-order valence-corrected chi connectivity index (χ1v) is 12.6. The quantitative estimate of drug-likeness (QED) is 0.226. The molecule has 0 N–H and O–H groups in total. The van der Waals surface area contributed by atoms with E-state index in [1.54, 1.807) is 37.4 Å². The molecule has 3 aromatic rings. The molecule has 0 radical (unpaired) electrons. The number of hydrogen-bond donors (Lipinski definition) is 0. The second-order valence-electron chi connectivity index (χ2n) is 9.25. The van der Waals surface area contributed by atoms with E-state index in [1.807, 2.05) is 23.1 Å². The van der Waals surface area contributed by atoms with Crippen molar-refractivity contribution in [2.24, 2.45) is 0 Å². The number of methoxy groups -OCH3 is 1. The van der Waals surface area contributed by atoms with Gasteiger partial charge in [0.15, 0.2) is 11.5 Å².